The highest BCUT2D eigenvalue weighted by Crippen LogP contribution is 2.24. The van der Waals surface area contributed by atoms with Crippen molar-refractivity contribution in [2.24, 2.45) is 14.1 Å². The molecule has 8 nitrogen and oxygen atoms in total. The maximum Gasteiger partial charge on any atom is 0.332 e. The van der Waals surface area contributed by atoms with Gasteiger partial charge >= 0.3 is 5.69 Å². The summed E-state index contributed by atoms with van der Waals surface area (Å²) in [4.78, 5) is 42.3. The van der Waals surface area contributed by atoms with Crippen LogP contribution in [0.4, 0.5) is 4.39 Å². The van der Waals surface area contributed by atoms with Gasteiger partial charge in [-0.15, -0.1) is 0 Å². The lowest BCUT2D eigenvalue weighted by atomic mass is 9.95. The van der Waals surface area contributed by atoms with Crippen LogP contribution in [-0.4, -0.2) is 36.4 Å². The summed E-state index contributed by atoms with van der Waals surface area (Å²) in [5.41, 5.74) is -0.205. The van der Waals surface area contributed by atoms with Crippen LogP contribution in [0.1, 0.15) is 37.7 Å². The quantitative estimate of drug-likeness (QED) is 0.571. The Morgan fingerprint density at radius 2 is 1.88 bits per heavy atom. The van der Waals surface area contributed by atoms with Gasteiger partial charge in [-0.3, -0.25) is 18.7 Å². The van der Waals surface area contributed by atoms with E-state index in [2.05, 4.69) is 10.3 Å². The van der Waals surface area contributed by atoms with E-state index in [0.29, 0.717) is 10.7 Å². The Balaban J connectivity index is 1.69. The van der Waals surface area contributed by atoms with Crippen molar-refractivity contribution in [3.05, 3.63) is 56.5 Å². The van der Waals surface area contributed by atoms with Crippen molar-refractivity contribution in [1.82, 2.24) is 24.0 Å². The fourth-order valence-corrected chi connectivity index (χ4v) is 4.93. The first-order valence-electron chi connectivity index (χ1n) is 10.7. The third-order valence-electron chi connectivity index (χ3n) is 5.90. The van der Waals surface area contributed by atoms with Gasteiger partial charge in [0.1, 0.15) is 5.82 Å². The van der Waals surface area contributed by atoms with Crippen LogP contribution in [0.3, 0.4) is 0 Å². The van der Waals surface area contributed by atoms with E-state index in [0.717, 1.165) is 30.3 Å². The Hall–Kier alpha value is -2.88. The second-order valence-corrected chi connectivity index (χ2v) is 9.08. The molecule has 0 unspecified atom stereocenters. The van der Waals surface area contributed by atoms with Crippen molar-refractivity contribution in [3.63, 3.8) is 0 Å². The molecule has 0 spiro atoms. The number of amides is 1. The van der Waals surface area contributed by atoms with E-state index in [9.17, 15) is 18.8 Å². The second-order valence-electron chi connectivity index (χ2n) is 8.14. The number of rotatable bonds is 6. The first-order chi connectivity index (χ1) is 15.4. The molecule has 1 fully saturated rings. The van der Waals surface area contributed by atoms with Gasteiger partial charge < -0.3 is 9.88 Å². The van der Waals surface area contributed by atoms with E-state index in [4.69, 9.17) is 0 Å². The summed E-state index contributed by atoms with van der Waals surface area (Å²) in [6.07, 6.45) is 5.41. The monoisotopic (exact) mass is 459 g/mol. The first-order valence-corrected chi connectivity index (χ1v) is 11.7. The highest BCUT2D eigenvalue weighted by molar-refractivity contribution is 7.99. The van der Waals surface area contributed by atoms with Crippen molar-refractivity contribution >= 4 is 28.8 Å². The van der Waals surface area contributed by atoms with E-state index in [-0.39, 0.29) is 35.4 Å². The highest BCUT2D eigenvalue weighted by Gasteiger charge is 2.22. The van der Waals surface area contributed by atoms with Gasteiger partial charge in [-0.25, -0.2) is 14.2 Å². The van der Waals surface area contributed by atoms with Crippen LogP contribution in [0.15, 0.2) is 39.0 Å². The lowest BCUT2D eigenvalue weighted by Gasteiger charge is -2.22. The van der Waals surface area contributed by atoms with Gasteiger partial charge in [-0.1, -0.05) is 49.2 Å². The molecular formula is C22H26FN5O3S. The van der Waals surface area contributed by atoms with Crippen molar-refractivity contribution in [2.45, 2.75) is 49.8 Å². The number of fused-ring (bicyclic) bond motifs is 1. The molecule has 10 heteroatoms. The summed E-state index contributed by atoms with van der Waals surface area (Å²) in [6, 6.07) is 6.50. The molecule has 2 heterocycles. The number of benzene rings is 1. The molecule has 3 aromatic rings. The largest absolute Gasteiger partial charge is 0.353 e. The molecule has 2 aromatic heterocycles. The Morgan fingerprint density at radius 3 is 2.59 bits per heavy atom. The van der Waals surface area contributed by atoms with Crippen LogP contribution in [0.5, 0.6) is 0 Å². The van der Waals surface area contributed by atoms with E-state index >= 15 is 0 Å². The Bertz CT molecular complexity index is 1270. The fraction of sp³-hybridized carbons (Fsp3) is 0.455. The SMILES string of the molecule is Cn1c(=O)c2c(nc(SCC(=O)NC3CCCCC3)n2Cc2ccccc2F)n(C)c1=O. The van der Waals surface area contributed by atoms with Gasteiger partial charge in [0, 0.05) is 25.7 Å². The number of thioether (sulfide) groups is 1. The molecule has 0 bridgehead atoms. The normalized spacial score (nSPS) is 14.7. The fourth-order valence-electron chi connectivity index (χ4n) is 4.13. The number of aryl methyl sites for hydroxylation is 1. The predicted octanol–water partition coefficient (Wildman–Crippen LogP) is 2.16. The van der Waals surface area contributed by atoms with Gasteiger partial charge in [-0.2, -0.15) is 0 Å². The number of carbonyl (C=O) groups is 1. The number of hydrogen-bond acceptors (Lipinski definition) is 5. The topological polar surface area (TPSA) is 90.9 Å². The third kappa shape index (κ3) is 4.36. The number of aromatic nitrogens is 4. The van der Waals surface area contributed by atoms with E-state index in [1.807, 2.05) is 0 Å². The molecule has 0 radical (unpaired) electrons. The minimum Gasteiger partial charge on any atom is -0.353 e. The Morgan fingerprint density at radius 1 is 1.16 bits per heavy atom. The zero-order valence-corrected chi connectivity index (χ0v) is 19.0. The standard InChI is InChI=1S/C22H26FN5O3S/c1-26-19-18(20(30)27(2)22(26)31)28(12-14-8-6-7-11-16(14)23)21(25-19)32-13-17(29)24-15-9-4-3-5-10-15/h6-8,11,15H,3-5,9-10,12-13H2,1-2H3,(H,24,29). The Kier molecular flexibility index (Phi) is 6.50. The summed E-state index contributed by atoms with van der Waals surface area (Å²) < 4.78 is 18.3. The molecule has 1 saturated carbocycles. The van der Waals surface area contributed by atoms with Gasteiger partial charge in [0.25, 0.3) is 5.56 Å². The minimum absolute atomic E-state index is 0.0587. The molecule has 32 heavy (non-hydrogen) atoms. The van der Waals surface area contributed by atoms with Crippen LogP contribution in [0.2, 0.25) is 0 Å². The number of carbonyl (C=O) groups excluding carboxylic acids is 1. The van der Waals surface area contributed by atoms with E-state index in [1.54, 1.807) is 22.8 Å². The molecule has 4 rings (SSSR count). The second kappa shape index (κ2) is 9.32. The molecule has 1 aromatic carbocycles. The lowest BCUT2D eigenvalue weighted by molar-refractivity contribution is -0.119. The zero-order chi connectivity index (χ0) is 22.8. The molecule has 1 aliphatic carbocycles. The van der Waals surface area contributed by atoms with Gasteiger partial charge in [-0.05, 0) is 18.9 Å². The van der Waals surface area contributed by atoms with Crippen LogP contribution < -0.4 is 16.6 Å². The Labute approximate surface area is 188 Å². The van der Waals surface area contributed by atoms with Crippen LogP contribution in [0.25, 0.3) is 11.2 Å². The van der Waals surface area contributed by atoms with Crippen molar-refractivity contribution in [1.29, 1.82) is 0 Å². The molecule has 170 valence electrons. The smallest absolute Gasteiger partial charge is 0.332 e. The van der Waals surface area contributed by atoms with Crippen LogP contribution >= 0.6 is 11.8 Å². The number of halogens is 1. The third-order valence-corrected chi connectivity index (χ3v) is 6.88. The molecule has 0 saturated heterocycles. The maximum absolute atomic E-state index is 14.4. The van der Waals surface area contributed by atoms with Crippen molar-refractivity contribution in [3.8, 4) is 0 Å². The number of imidazole rings is 1. The average Bonchev–Trinajstić information content (AvgIpc) is 3.15. The molecule has 1 aliphatic rings. The van der Waals surface area contributed by atoms with Gasteiger partial charge in [0.15, 0.2) is 16.3 Å². The highest BCUT2D eigenvalue weighted by atomic mass is 32.2. The van der Waals surface area contributed by atoms with Crippen molar-refractivity contribution < 1.29 is 9.18 Å². The maximum atomic E-state index is 14.4. The summed E-state index contributed by atoms with van der Waals surface area (Å²) >= 11 is 1.18. The molecule has 1 amide bonds. The molecule has 0 aliphatic heterocycles. The number of nitrogens with one attached hydrogen (secondary N) is 1. The van der Waals surface area contributed by atoms with E-state index in [1.165, 1.54) is 42.9 Å². The summed E-state index contributed by atoms with van der Waals surface area (Å²) in [7, 11) is 2.93. The molecular weight excluding hydrogens is 433 g/mol. The van der Waals surface area contributed by atoms with Gasteiger partial charge in [0.2, 0.25) is 5.91 Å². The van der Waals surface area contributed by atoms with Gasteiger partial charge in [0.05, 0.1) is 12.3 Å². The number of nitrogens with zero attached hydrogens (tertiary/aromatic N) is 4. The lowest BCUT2D eigenvalue weighted by Crippen LogP contribution is -2.37. The summed E-state index contributed by atoms with van der Waals surface area (Å²) in [5, 5.41) is 3.45. The first kappa shape index (κ1) is 22.3. The molecule has 0 atom stereocenters. The van der Waals surface area contributed by atoms with Crippen LogP contribution in [0, 0.1) is 5.82 Å². The zero-order valence-electron chi connectivity index (χ0n) is 18.1. The van der Waals surface area contributed by atoms with E-state index < -0.39 is 17.1 Å². The minimum atomic E-state index is -0.509. The number of hydrogen-bond donors (Lipinski definition) is 1. The molecule has 1 N–H and O–H groups in total. The predicted molar refractivity (Wildman–Crippen MR) is 121 cm³/mol. The average molecular weight is 460 g/mol. The van der Waals surface area contributed by atoms with Crippen LogP contribution in [-0.2, 0) is 25.4 Å². The summed E-state index contributed by atoms with van der Waals surface area (Å²) in [5.74, 6) is -0.388. The summed E-state index contributed by atoms with van der Waals surface area (Å²) in [6.45, 7) is 0.0587. The van der Waals surface area contributed by atoms with Crippen molar-refractivity contribution in [2.75, 3.05) is 5.75 Å².